The van der Waals surface area contributed by atoms with E-state index in [-0.39, 0.29) is 12.5 Å². The number of benzene rings is 2. The summed E-state index contributed by atoms with van der Waals surface area (Å²) >= 11 is 0. The molecule has 0 saturated carbocycles. The number of rotatable bonds is 13. The number of nitrogens with one attached hydrogen (secondary N) is 2. The minimum atomic E-state index is -0.111. The molecule has 2 aromatic rings. The summed E-state index contributed by atoms with van der Waals surface area (Å²) in [6.07, 6.45) is 5.64. The van der Waals surface area contributed by atoms with Crippen LogP contribution in [0.3, 0.4) is 0 Å². The van der Waals surface area contributed by atoms with Gasteiger partial charge in [-0.3, -0.25) is 4.79 Å². The summed E-state index contributed by atoms with van der Waals surface area (Å²) in [7, 11) is 0. The molecule has 2 aromatic carbocycles. The van der Waals surface area contributed by atoms with E-state index in [0.717, 1.165) is 35.7 Å². The van der Waals surface area contributed by atoms with E-state index in [1.165, 1.54) is 19.3 Å². The Labute approximate surface area is 168 Å². The first kappa shape index (κ1) is 21.6. The van der Waals surface area contributed by atoms with Gasteiger partial charge in [0, 0.05) is 23.5 Å². The zero-order valence-electron chi connectivity index (χ0n) is 17.0. The quantitative estimate of drug-likeness (QED) is 0.449. The minimum absolute atomic E-state index is 0.111. The highest BCUT2D eigenvalue weighted by atomic mass is 16.5. The summed E-state index contributed by atoms with van der Waals surface area (Å²) in [6, 6.07) is 15.2. The fourth-order valence-electron chi connectivity index (χ4n) is 2.69. The lowest BCUT2D eigenvalue weighted by atomic mass is 10.2. The molecule has 152 valence electrons. The van der Waals surface area contributed by atoms with Gasteiger partial charge in [-0.15, -0.1) is 0 Å². The van der Waals surface area contributed by atoms with Crippen LogP contribution in [0.4, 0.5) is 11.4 Å². The maximum absolute atomic E-state index is 12.2. The van der Waals surface area contributed by atoms with E-state index in [9.17, 15) is 4.79 Å². The number of carbonyl (C=O) groups excluding carboxylic acids is 1. The van der Waals surface area contributed by atoms with Crippen LogP contribution in [-0.4, -0.2) is 25.7 Å². The van der Waals surface area contributed by atoms with Crippen molar-refractivity contribution in [2.45, 2.75) is 46.0 Å². The molecule has 0 bridgehead atoms. The van der Waals surface area contributed by atoms with Crippen LogP contribution in [0.5, 0.6) is 11.5 Å². The van der Waals surface area contributed by atoms with Gasteiger partial charge < -0.3 is 20.1 Å². The van der Waals surface area contributed by atoms with E-state index >= 15 is 0 Å². The van der Waals surface area contributed by atoms with Crippen molar-refractivity contribution in [3.8, 4) is 11.5 Å². The molecule has 5 heteroatoms. The lowest BCUT2D eigenvalue weighted by Crippen LogP contribution is -2.21. The van der Waals surface area contributed by atoms with Gasteiger partial charge in [0.1, 0.15) is 11.5 Å². The first-order valence-corrected chi connectivity index (χ1v) is 10.2. The number of hydrogen-bond donors (Lipinski definition) is 2. The maximum atomic E-state index is 12.2. The molecular weight excluding hydrogens is 352 g/mol. The van der Waals surface area contributed by atoms with Crippen LogP contribution in [0.25, 0.3) is 0 Å². The second-order valence-electron chi connectivity index (χ2n) is 6.71. The molecule has 0 radical (unpaired) electrons. The molecule has 28 heavy (non-hydrogen) atoms. The molecule has 0 saturated heterocycles. The Morgan fingerprint density at radius 1 is 0.821 bits per heavy atom. The third-order valence-corrected chi connectivity index (χ3v) is 4.14. The molecule has 0 aromatic heterocycles. The Morgan fingerprint density at radius 3 is 2.21 bits per heavy atom. The molecule has 0 aliphatic rings. The third kappa shape index (κ3) is 8.33. The van der Waals surface area contributed by atoms with E-state index < -0.39 is 0 Å². The average molecular weight is 385 g/mol. The highest BCUT2D eigenvalue weighted by Gasteiger charge is 2.04. The van der Waals surface area contributed by atoms with Gasteiger partial charge in [0.05, 0.1) is 19.8 Å². The molecule has 0 aliphatic heterocycles. The van der Waals surface area contributed by atoms with Crippen LogP contribution >= 0.6 is 0 Å². The lowest BCUT2D eigenvalue weighted by molar-refractivity contribution is -0.114. The van der Waals surface area contributed by atoms with E-state index in [1.54, 1.807) is 0 Å². The number of unbranched alkanes of at least 4 members (excludes halogenated alkanes) is 3. The number of carbonyl (C=O) groups is 1. The van der Waals surface area contributed by atoms with Crippen LogP contribution in [0.2, 0.25) is 0 Å². The molecular formula is C23H32N2O3. The van der Waals surface area contributed by atoms with Crippen molar-refractivity contribution < 1.29 is 14.3 Å². The summed E-state index contributed by atoms with van der Waals surface area (Å²) in [4.78, 5) is 12.2. The molecule has 0 spiro atoms. The number of hydrogen-bond acceptors (Lipinski definition) is 4. The smallest absolute Gasteiger partial charge is 0.243 e. The second-order valence-corrected chi connectivity index (χ2v) is 6.71. The van der Waals surface area contributed by atoms with Crippen molar-refractivity contribution in [3.05, 3.63) is 48.5 Å². The van der Waals surface area contributed by atoms with Gasteiger partial charge in [-0.25, -0.2) is 0 Å². The first-order valence-electron chi connectivity index (χ1n) is 10.2. The molecule has 0 unspecified atom stereocenters. The number of anilines is 2. The van der Waals surface area contributed by atoms with Gasteiger partial charge in [-0.2, -0.15) is 0 Å². The third-order valence-electron chi connectivity index (χ3n) is 4.14. The van der Waals surface area contributed by atoms with Crippen LogP contribution in [0.15, 0.2) is 48.5 Å². The molecule has 0 heterocycles. The molecule has 0 fully saturated rings. The van der Waals surface area contributed by atoms with Crippen molar-refractivity contribution in [2.24, 2.45) is 0 Å². The Bertz CT molecular complexity index is 718. The molecule has 0 aliphatic carbocycles. The summed E-state index contributed by atoms with van der Waals surface area (Å²) in [5.74, 6) is 1.47. The van der Waals surface area contributed by atoms with Crippen LogP contribution < -0.4 is 20.1 Å². The predicted molar refractivity (Wildman–Crippen MR) is 115 cm³/mol. The Hall–Kier alpha value is -2.69. The van der Waals surface area contributed by atoms with Crippen molar-refractivity contribution >= 4 is 17.3 Å². The van der Waals surface area contributed by atoms with Crippen molar-refractivity contribution in [2.75, 3.05) is 30.4 Å². The second kappa shape index (κ2) is 12.7. The van der Waals surface area contributed by atoms with Gasteiger partial charge in [-0.1, -0.05) is 45.2 Å². The van der Waals surface area contributed by atoms with Gasteiger partial charge in [0.25, 0.3) is 0 Å². The van der Waals surface area contributed by atoms with Gasteiger partial charge in [-0.05, 0) is 37.1 Å². The van der Waals surface area contributed by atoms with Crippen molar-refractivity contribution in [1.29, 1.82) is 0 Å². The van der Waals surface area contributed by atoms with Crippen LogP contribution in [-0.2, 0) is 4.79 Å². The average Bonchev–Trinajstić information content (AvgIpc) is 2.71. The molecule has 0 atom stereocenters. The summed E-state index contributed by atoms with van der Waals surface area (Å²) in [6.45, 7) is 5.83. The summed E-state index contributed by atoms with van der Waals surface area (Å²) < 4.78 is 11.4. The Kier molecular flexibility index (Phi) is 9.76. The van der Waals surface area contributed by atoms with Crippen molar-refractivity contribution in [3.63, 3.8) is 0 Å². The zero-order chi connectivity index (χ0) is 20.0. The summed E-state index contributed by atoms with van der Waals surface area (Å²) in [5, 5.41) is 6.03. The Balaban J connectivity index is 1.77. The molecule has 2 N–H and O–H groups in total. The topological polar surface area (TPSA) is 59.6 Å². The fourth-order valence-corrected chi connectivity index (χ4v) is 2.69. The zero-order valence-corrected chi connectivity index (χ0v) is 17.0. The SMILES string of the molecule is CCCCCCOc1cccc(NC(=O)CNc2cccc(OCCC)c2)c1. The molecule has 5 nitrogen and oxygen atoms in total. The monoisotopic (exact) mass is 384 g/mol. The number of ether oxygens (including phenoxy) is 2. The minimum Gasteiger partial charge on any atom is -0.494 e. The number of amides is 1. The normalized spacial score (nSPS) is 10.4. The van der Waals surface area contributed by atoms with Crippen LogP contribution in [0.1, 0.15) is 46.0 Å². The van der Waals surface area contributed by atoms with E-state index in [4.69, 9.17) is 9.47 Å². The molecule has 1 amide bonds. The Morgan fingerprint density at radius 2 is 1.50 bits per heavy atom. The maximum Gasteiger partial charge on any atom is 0.243 e. The van der Waals surface area contributed by atoms with E-state index in [0.29, 0.717) is 13.2 Å². The highest BCUT2D eigenvalue weighted by molar-refractivity contribution is 5.93. The largest absolute Gasteiger partial charge is 0.494 e. The fraction of sp³-hybridized carbons (Fsp3) is 0.435. The van der Waals surface area contributed by atoms with E-state index in [1.807, 2.05) is 48.5 Å². The predicted octanol–water partition coefficient (Wildman–Crippen LogP) is 5.49. The van der Waals surface area contributed by atoms with Crippen LogP contribution in [0, 0.1) is 0 Å². The lowest BCUT2D eigenvalue weighted by Gasteiger charge is -2.11. The van der Waals surface area contributed by atoms with Gasteiger partial charge >= 0.3 is 0 Å². The standard InChI is InChI=1S/C23H32N2O3/c1-3-5-6-7-15-28-22-13-9-11-20(17-22)25-23(26)18-24-19-10-8-12-21(16-19)27-14-4-2/h8-13,16-17,24H,3-7,14-15,18H2,1-2H3,(H,25,26). The van der Waals surface area contributed by atoms with Gasteiger partial charge in [0.2, 0.25) is 5.91 Å². The van der Waals surface area contributed by atoms with Crippen molar-refractivity contribution in [1.82, 2.24) is 0 Å². The van der Waals surface area contributed by atoms with E-state index in [2.05, 4.69) is 24.5 Å². The summed E-state index contributed by atoms with van der Waals surface area (Å²) in [5.41, 5.74) is 1.59. The molecule has 2 rings (SSSR count). The highest BCUT2D eigenvalue weighted by Crippen LogP contribution is 2.19. The first-order chi connectivity index (χ1) is 13.7. The van der Waals surface area contributed by atoms with Gasteiger partial charge in [0.15, 0.2) is 0 Å².